The zero-order valence-corrected chi connectivity index (χ0v) is 11.2. The summed E-state index contributed by atoms with van der Waals surface area (Å²) in [6, 6.07) is 6.40. The van der Waals surface area contributed by atoms with E-state index in [0.717, 1.165) is 10.6 Å². The zero-order valence-electron chi connectivity index (χ0n) is 10.4. The Hall–Kier alpha value is -0.490. The summed E-state index contributed by atoms with van der Waals surface area (Å²) in [6.45, 7) is 11.1. The lowest BCUT2D eigenvalue weighted by Crippen LogP contribution is -2.09. The molecule has 0 saturated heterocycles. The second kappa shape index (κ2) is 4.57. The van der Waals surface area contributed by atoms with Gasteiger partial charge in [0.2, 0.25) is 0 Å². The van der Waals surface area contributed by atoms with Crippen LogP contribution in [-0.4, -0.2) is 0 Å². The van der Waals surface area contributed by atoms with Crippen molar-refractivity contribution in [3.8, 4) is 0 Å². The number of rotatable bonds is 2. The summed E-state index contributed by atoms with van der Waals surface area (Å²) >= 11 is 6.13. The highest BCUT2D eigenvalue weighted by molar-refractivity contribution is 6.31. The van der Waals surface area contributed by atoms with E-state index in [-0.39, 0.29) is 0 Å². The largest absolute Gasteiger partial charge is 0.0840 e. The molecular formula is C14H21Cl. The molecule has 0 spiro atoms. The summed E-state index contributed by atoms with van der Waals surface area (Å²) in [5.74, 6) is 0.572. The maximum atomic E-state index is 6.13. The van der Waals surface area contributed by atoms with Gasteiger partial charge < -0.3 is 0 Å². The van der Waals surface area contributed by atoms with Crippen molar-refractivity contribution >= 4 is 11.6 Å². The Morgan fingerprint density at radius 1 is 1.27 bits per heavy atom. The first kappa shape index (κ1) is 12.6. The SMILES string of the molecule is Cc1ccc(C(C)CC(C)(C)C)cc1Cl. The number of benzene rings is 1. The molecule has 1 aromatic carbocycles. The molecule has 0 heterocycles. The maximum Gasteiger partial charge on any atom is 0.0438 e. The molecule has 0 saturated carbocycles. The molecule has 84 valence electrons. The Balaban J connectivity index is 2.83. The van der Waals surface area contributed by atoms with Crippen LogP contribution in [0.15, 0.2) is 18.2 Å². The molecule has 1 unspecified atom stereocenters. The predicted octanol–water partition coefficient (Wildman–Crippen LogP) is 5.19. The van der Waals surface area contributed by atoms with Gasteiger partial charge in [0.25, 0.3) is 0 Å². The minimum atomic E-state index is 0.372. The van der Waals surface area contributed by atoms with Crippen molar-refractivity contribution in [3.05, 3.63) is 34.3 Å². The van der Waals surface area contributed by atoms with Gasteiger partial charge in [0, 0.05) is 5.02 Å². The zero-order chi connectivity index (χ0) is 11.6. The first-order valence-electron chi connectivity index (χ1n) is 5.55. The van der Waals surface area contributed by atoms with Crippen molar-refractivity contribution < 1.29 is 0 Å². The van der Waals surface area contributed by atoms with Crippen LogP contribution in [-0.2, 0) is 0 Å². The van der Waals surface area contributed by atoms with Crippen molar-refractivity contribution in [2.75, 3.05) is 0 Å². The van der Waals surface area contributed by atoms with Crippen LogP contribution in [0.4, 0.5) is 0 Å². The third kappa shape index (κ3) is 3.87. The van der Waals surface area contributed by atoms with Gasteiger partial charge in [0.1, 0.15) is 0 Å². The molecule has 1 rings (SSSR count). The summed E-state index contributed by atoms with van der Waals surface area (Å²) < 4.78 is 0. The van der Waals surface area contributed by atoms with Crippen LogP contribution in [0, 0.1) is 12.3 Å². The van der Waals surface area contributed by atoms with E-state index >= 15 is 0 Å². The van der Waals surface area contributed by atoms with Crippen LogP contribution in [0.3, 0.4) is 0 Å². The molecule has 0 aliphatic rings. The summed E-state index contributed by atoms with van der Waals surface area (Å²) in [6.07, 6.45) is 1.19. The average Bonchev–Trinajstić information content (AvgIpc) is 2.06. The van der Waals surface area contributed by atoms with Crippen molar-refractivity contribution in [1.29, 1.82) is 0 Å². The molecule has 0 aromatic heterocycles. The number of hydrogen-bond acceptors (Lipinski definition) is 0. The molecule has 0 aliphatic heterocycles. The Morgan fingerprint density at radius 3 is 2.33 bits per heavy atom. The molecule has 0 bridgehead atoms. The normalized spacial score (nSPS) is 14.0. The van der Waals surface area contributed by atoms with Gasteiger partial charge in [0.15, 0.2) is 0 Å². The topological polar surface area (TPSA) is 0 Å². The fourth-order valence-corrected chi connectivity index (χ4v) is 2.14. The third-order valence-corrected chi connectivity index (χ3v) is 3.09. The second-order valence-electron chi connectivity index (χ2n) is 5.67. The molecule has 15 heavy (non-hydrogen) atoms. The quantitative estimate of drug-likeness (QED) is 0.649. The molecular weight excluding hydrogens is 204 g/mol. The third-order valence-electron chi connectivity index (χ3n) is 2.68. The minimum Gasteiger partial charge on any atom is -0.0840 e. The first-order chi connectivity index (χ1) is 6.79. The molecule has 1 heteroatoms. The van der Waals surface area contributed by atoms with E-state index in [0.29, 0.717) is 11.3 Å². The number of hydrogen-bond donors (Lipinski definition) is 0. The van der Waals surface area contributed by atoms with E-state index in [2.05, 4.69) is 45.9 Å². The molecule has 1 aromatic rings. The van der Waals surface area contributed by atoms with E-state index in [1.165, 1.54) is 12.0 Å². The molecule has 0 radical (unpaired) electrons. The monoisotopic (exact) mass is 224 g/mol. The fraction of sp³-hybridized carbons (Fsp3) is 0.571. The van der Waals surface area contributed by atoms with Crippen LogP contribution in [0.25, 0.3) is 0 Å². The number of aryl methyl sites for hydroxylation is 1. The van der Waals surface area contributed by atoms with Crippen molar-refractivity contribution in [2.45, 2.75) is 47.0 Å². The second-order valence-corrected chi connectivity index (χ2v) is 6.08. The van der Waals surface area contributed by atoms with E-state index in [1.54, 1.807) is 0 Å². The lowest BCUT2D eigenvalue weighted by atomic mass is 9.82. The average molecular weight is 225 g/mol. The Morgan fingerprint density at radius 2 is 1.87 bits per heavy atom. The van der Waals surface area contributed by atoms with Gasteiger partial charge in [-0.2, -0.15) is 0 Å². The first-order valence-corrected chi connectivity index (χ1v) is 5.93. The van der Waals surface area contributed by atoms with Gasteiger partial charge in [-0.1, -0.05) is 51.4 Å². The van der Waals surface area contributed by atoms with Crippen LogP contribution in [0.2, 0.25) is 5.02 Å². The standard InChI is InChI=1S/C14H21Cl/c1-10-6-7-12(8-13(10)15)11(2)9-14(3,4)5/h6-8,11H,9H2,1-5H3. The van der Waals surface area contributed by atoms with Crippen LogP contribution in [0.1, 0.15) is 51.2 Å². The van der Waals surface area contributed by atoms with Crippen molar-refractivity contribution in [2.24, 2.45) is 5.41 Å². The lowest BCUT2D eigenvalue weighted by molar-refractivity contribution is 0.349. The smallest absolute Gasteiger partial charge is 0.0438 e. The van der Waals surface area contributed by atoms with Crippen LogP contribution < -0.4 is 0 Å². The summed E-state index contributed by atoms with van der Waals surface area (Å²) in [5, 5.41) is 0.883. The highest BCUT2D eigenvalue weighted by Gasteiger charge is 2.16. The molecule has 0 fully saturated rings. The highest BCUT2D eigenvalue weighted by Crippen LogP contribution is 2.32. The van der Waals surface area contributed by atoms with E-state index in [9.17, 15) is 0 Å². The summed E-state index contributed by atoms with van der Waals surface area (Å²) in [7, 11) is 0. The van der Waals surface area contributed by atoms with E-state index in [1.807, 2.05) is 6.92 Å². The van der Waals surface area contributed by atoms with Gasteiger partial charge in [-0.05, 0) is 41.9 Å². The van der Waals surface area contributed by atoms with E-state index < -0.39 is 0 Å². The molecule has 0 aliphatic carbocycles. The van der Waals surface area contributed by atoms with E-state index in [4.69, 9.17) is 11.6 Å². The lowest BCUT2D eigenvalue weighted by Gasteiger charge is -2.23. The highest BCUT2D eigenvalue weighted by atomic mass is 35.5. The summed E-state index contributed by atoms with van der Waals surface area (Å²) in [5.41, 5.74) is 2.88. The van der Waals surface area contributed by atoms with Gasteiger partial charge in [-0.25, -0.2) is 0 Å². The number of halogens is 1. The van der Waals surface area contributed by atoms with Crippen LogP contribution >= 0.6 is 11.6 Å². The Bertz CT molecular complexity index is 334. The molecule has 1 atom stereocenters. The van der Waals surface area contributed by atoms with Gasteiger partial charge in [0.05, 0.1) is 0 Å². The van der Waals surface area contributed by atoms with Gasteiger partial charge in [-0.3, -0.25) is 0 Å². The minimum absolute atomic E-state index is 0.372. The maximum absolute atomic E-state index is 6.13. The van der Waals surface area contributed by atoms with Gasteiger partial charge >= 0.3 is 0 Å². The van der Waals surface area contributed by atoms with Crippen LogP contribution in [0.5, 0.6) is 0 Å². The van der Waals surface area contributed by atoms with Crippen molar-refractivity contribution in [3.63, 3.8) is 0 Å². The summed E-state index contributed by atoms with van der Waals surface area (Å²) in [4.78, 5) is 0. The Labute approximate surface area is 98.7 Å². The molecule has 0 nitrogen and oxygen atoms in total. The fourth-order valence-electron chi connectivity index (χ4n) is 1.95. The van der Waals surface area contributed by atoms with Gasteiger partial charge in [-0.15, -0.1) is 0 Å². The molecule has 0 amide bonds. The Kier molecular flexibility index (Phi) is 3.83. The predicted molar refractivity (Wildman–Crippen MR) is 68.7 cm³/mol. The van der Waals surface area contributed by atoms with Crippen molar-refractivity contribution in [1.82, 2.24) is 0 Å². The molecule has 0 N–H and O–H groups in total.